The molecule has 0 spiro atoms. The fraction of sp³-hybridized carbons (Fsp3) is 0.174. The third-order valence-corrected chi connectivity index (χ3v) is 4.47. The van der Waals surface area contributed by atoms with E-state index in [1.54, 1.807) is 0 Å². The van der Waals surface area contributed by atoms with Gasteiger partial charge in [0.2, 0.25) is 0 Å². The average molecular weight is 382 g/mol. The number of hydrogen-bond donors (Lipinski definition) is 0. The monoisotopic (exact) mass is 382 g/mol. The molecule has 2 heterocycles. The van der Waals surface area contributed by atoms with Crippen molar-refractivity contribution in [1.82, 2.24) is 9.38 Å². The second-order valence-electron chi connectivity index (χ2n) is 6.64. The Morgan fingerprint density at radius 2 is 1.50 bits per heavy atom. The van der Waals surface area contributed by atoms with Crippen molar-refractivity contribution in [3.8, 4) is 11.1 Å². The van der Waals surface area contributed by atoms with E-state index in [4.69, 9.17) is 0 Å². The molecule has 4 aromatic rings. The summed E-state index contributed by atoms with van der Waals surface area (Å²) in [6.45, 7) is 6.00. The smallest absolute Gasteiger partial charge is 0.304 e. The molecule has 0 saturated heterocycles. The Morgan fingerprint density at radius 3 is 2.11 bits per heavy atom. The summed E-state index contributed by atoms with van der Waals surface area (Å²) >= 11 is 0. The summed E-state index contributed by atoms with van der Waals surface area (Å²) in [5.41, 5.74) is 4.49. The van der Waals surface area contributed by atoms with Gasteiger partial charge in [0.15, 0.2) is 0 Å². The van der Waals surface area contributed by atoms with Gasteiger partial charge in [-0.25, -0.2) is 4.98 Å². The molecular formula is C23H21F3N2. The zero-order valence-electron chi connectivity index (χ0n) is 16.0. The second kappa shape index (κ2) is 7.89. The number of halogens is 3. The van der Waals surface area contributed by atoms with Crippen molar-refractivity contribution in [2.75, 3.05) is 0 Å². The van der Waals surface area contributed by atoms with Crippen molar-refractivity contribution in [2.24, 2.45) is 0 Å². The van der Waals surface area contributed by atoms with Crippen molar-refractivity contribution in [3.63, 3.8) is 0 Å². The van der Waals surface area contributed by atoms with Gasteiger partial charge >= 0.3 is 6.18 Å². The highest BCUT2D eigenvalue weighted by molar-refractivity contribution is 5.64. The van der Waals surface area contributed by atoms with Gasteiger partial charge in [-0.05, 0) is 56.2 Å². The molecule has 0 amide bonds. The molecular weight excluding hydrogens is 361 g/mol. The Bertz CT molecular complexity index is 1040. The third-order valence-electron chi connectivity index (χ3n) is 4.47. The Morgan fingerprint density at radius 1 is 0.786 bits per heavy atom. The normalized spacial score (nSPS) is 11.2. The molecule has 0 bridgehead atoms. The highest BCUT2D eigenvalue weighted by Crippen LogP contribution is 2.31. The van der Waals surface area contributed by atoms with Gasteiger partial charge in [-0.1, -0.05) is 48.0 Å². The van der Waals surface area contributed by atoms with Gasteiger partial charge in [-0.15, -0.1) is 0 Å². The molecule has 5 heteroatoms. The number of rotatable bonds is 1. The number of nitrogens with zero attached hydrogens (tertiary/aromatic N) is 2. The van der Waals surface area contributed by atoms with Crippen LogP contribution in [0, 0.1) is 20.8 Å². The van der Waals surface area contributed by atoms with Gasteiger partial charge < -0.3 is 4.40 Å². The minimum absolute atomic E-state index is 0.617. The highest BCUT2D eigenvalue weighted by atomic mass is 19.4. The maximum Gasteiger partial charge on any atom is 0.416 e. The number of imidazole rings is 1. The van der Waals surface area contributed by atoms with Gasteiger partial charge in [0.25, 0.3) is 0 Å². The number of hydrogen-bond acceptors (Lipinski definition) is 1. The molecule has 0 aliphatic rings. The molecule has 2 aromatic carbocycles. The van der Waals surface area contributed by atoms with Crippen LogP contribution in [-0.4, -0.2) is 9.38 Å². The fourth-order valence-electron chi connectivity index (χ4n) is 3.05. The first-order valence-corrected chi connectivity index (χ1v) is 8.90. The van der Waals surface area contributed by atoms with Crippen LogP contribution in [0.15, 0.2) is 72.9 Å². The number of aryl methyl sites for hydroxylation is 3. The average Bonchev–Trinajstić information content (AvgIpc) is 2.96. The van der Waals surface area contributed by atoms with Crippen LogP contribution in [0.1, 0.15) is 22.6 Å². The van der Waals surface area contributed by atoms with E-state index in [0.717, 1.165) is 40.3 Å². The summed E-state index contributed by atoms with van der Waals surface area (Å²) < 4.78 is 39.3. The van der Waals surface area contributed by atoms with E-state index in [1.165, 1.54) is 17.6 Å². The molecule has 0 aliphatic heterocycles. The first-order chi connectivity index (χ1) is 13.3. The minimum Gasteiger partial charge on any atom is -0.304 e. The molecule has 0 unspecified atom stereocenters. The summed E-state index contributed by atoms with van der Waals surface area (Å²) in [6, 6.07) is 19.0. The Balaban J connectivity index is 0.000000176. The number of alkyl halides is 3. The number of benzene rings is 2. The molecule has 0 saturated carbocycles. The predicted molar refractivity (Wildman–Crippen MR) is 106 cm³/mol. The van der Waals surface area contributed by atoms with Crippen LogP contribution in [0.25, 0.3) is 16.6 Å². The van der Waals surface area contributed by atoms with E-state index >= 15 is 0 Å². The summed E-state index contributed by atoms with van der Waals surface area (Å²) in [7, 11) is 0. The van der Waals surface area contributed by atoms with Crippen LogP contribution in [0.4, 0.5) is 13.2 Å². The fourth-order valence-corrected chi connectivity index (χ4v) is 3.05. The highest BCUT2D eigenvalue weighted by Gasteiger charge is 2.29. The van der Waals surface area contributed by atoms with Gasteiger partial charge in [0, 0.05) is 6.20 Å². The molecule has 0 radical (unpaired) electrons. The largest absolute Gasteiger partial charge is 0.416 e. The van der Waals surface area contributed by atoms with Crippen LogP contribution < -0.4 is 0 Å². The Hall–Kier alpha value is -3.08. The van der Waals surface area contributed by atoms with Crippen LogP contribution in [0.2, 0.25) is 0 Å². The molecule has 4 rings (SSSR count). The SMILES string of the molecule is Cc1cccc(-c2ccc(C(F)(F)F)cc2)c1.Cc1nc(C)n2ccccc12. The molecule has 0 fully saturated rings. The van der Waals surface area contributed by atoms with Gasteiger partial charge in [0.1, 0.15) is 5.82 Å². The molecule has 28 heavy (non-hydrogen) atoms. The molecule has 0 N–H and O–H groups in total. The summed E-state index contributed by atoms with van der Waals surface area (Å²) in [4.78, 5) is 4.35. The number of fused-ring (bicyclic) bond motifs is 1. The second-order valence-corrected chi connectivity index (χ2v) is 6.64. The molecule has 144 valence electrons. The van der Waals surface area contributed by atoms with Crippen molar-refractivity contribution in [2.45, 2.75) is 26.9 Å². The van der Waals surface area contributed by atoms with Crippen LogP contribution >= 0.6 is 0 Å². The van der Waals surface area contributed by atoms with Crippen LogP contribution in [0.3, 0.4) is 0 Å². The molecule has 0 atom stereocenters. The zero-order chi connectivity index (χ0) is 20.3. The minimum atomic E-state index is -4.27. The van der Waals surface area contributed by atoms with Crippen LogP contribution in [-0.2, 0) is 6.18 Å². The Labute approximate surface area is 162 Å². The van der Waals surface area contributed by atoms with Gasteiger partial charge in [-0.2, -0.15) is 13.2 Å². The lowest BCUT2D eigenvalue weighted by molar-refractivity contribution is -0.137. The van der Waals surface area contributed by atoms with Crippen molar-refractivity contribution in [3.05, 3.63) is 95.6 Å². The summed E-state index contributed by atoms with van der Waals surface area (Å²) in [5, 5.41) is 0. The Kier molecular flexibility index (Phi) is 5.54. The first kappa shape index (κ1) is 19.7. The van der Waals surface area contributed by atoms with E-state index < -0.39 is 11.7 Å². The van der Waals surface area contributed by atoms with E-state index in [0.29, 0.717) is 0 Å². The van der Waals surface area contributed by atoms with Gasteiger partial charge in [-0.3, -0.25) is 0 Å². The number of aromatic nitrogens is 2. The predicted octanol–water partition coefficient (Wildman–Crippen LogP) is 6.63. The van der Waals surface area contributed by atoms with Crippen molar-refractivity contribution < 1.29 is 13.2 Å². The quantitative estimate of drug-likeness (QED) is 0.361. The van der Waals surface area contributed by atoms with Gasteiger partial charge in [0.05, 0.1) is 16.8 Å². The van der Waals surface area contributed by atoms with E-state index in [1.807, 2.05) is 63.4 Å². The summed E-state index contributed by atoms with van der Waals surface area (Å²) in [5.74, 6) is 1.05. The number of pyridine rings is 1. The van der Waals surface area contributed by atoms with E-state index in [-0.39, 0.29) is 0 Å². The van der Waals surface area contributed by atoms with Crippen molar-refractivity contribution in [1.29, 1.82) is 0 Å². The third kappa shape index (κ3) is 4.42. The first-order valence-electron chi connectivity index (χ1n) is 8.90. The molecule has 0 aliphatic carbocycles. The van der Waals surface area contributed by atoms with E-state index in [2.05, 4.69) is 15.5 Å². The van der Waals surface area contributed by atoms with E-state index in [9.17, 15) is 13.2 Å². The molecule has 2 aromatic heterocycles. The summed E-state index contributed by atoms with van der Waals surface area (Å²) in [6.07, 6.45) is -2.24. The topological polar surface area (TPSA) is 17.3 Å². The standard InChI is InChI=1S/C14H11F3.C9H10N2/c1-10-3-2-4-12(9-10)11-5-7-13(8-6-11)14(15,16)17;1-7-9-5-3-4-6-11(9)8(2)10-7/h2-9H,1H3;3-6H,1-2H3. The lowest BCUT2D eigenvalue weighted by Gasteiger charge is -2.08. The van der Waals surface area contributed by atoms with Crippen LogP contribution in [0.5, 0.6) is 0 Å². The lowest BCUT2D eigenvalue weighted by Crippen LogP contribution is -2.03. The maximum absolute atomic E-state index is 12.4. The zero-order valence-corrected chi connectivity index (χ0v) is 16.0. The lowest BCUT2D eigenvalue weighted by atomic mass is 10.0. The molecule has 2 nitrogen and oxygen atoms in total. The maximum atomic E-state index is 12.4. The van der Waals surface area contributed by atoms with Crippen molar-refractivity contribution >= 4 is 5.52 Å².